The van der Waals surface area contributed by atoms with E-state index in [9.17, 15) is 14.4 Å². The molecule has 0 radical (unpaired) electrons. The molecule has 2 aliphatic heterocycles. The van der Waals surface area contributed by atoms with Crippen LogP contribution in [0, 0.1) is 0 Å². The van der Waals surface area contributed by atoms with Crippen LogP contribution in [0.3, 0.4) is 0 Å². The lowest BCUT2D eigenvalue weighted by Crippen LogP contribution is -2.52. The number of piperidine rings is 1. The molecule has 1 aliphatic carbocycles. The Morgan fingerprint density at radius 1 is 1.13 bits per heavy atom. The maximum Gasteiger partial charge on any atom is 0.255 e. The van der Waals surface area contributed by atoms with Crippen molar-refractivity contribution in [2.75, 3.05) is 13.2 Å². The number of imide groups is 1. The third kappa shape index (κ3) is 4.97. The van der Waals surface area contributed by atoms with Gasteiger partial charge in [0.2, 0.25) is 11.8 Å². The van der Waals surface area contributed by atoms with Gasteiger partial charge in [0.05, 0.1) is 6.10 Å². The Balaban J connectivity index is 1.33. The maximum absolute atomic E-state index is 12.9. The van der Waals surface area contributed by atoms with Crippen LogP contribution >= 0.6 is 0 Å². The van der Waals surface area contributed by atoms with Gasteiger partial charge >= 0.3 is 0 Å². The first-order chi connectivity index (χ1) is 15.1. The summed E-state index contributed by atoms with van der Waals surface area (Å²) in [6.45, 7) is 2.53. The molecule has 0 spiro atoms. The van der Waals surface area contributed by atoms with Crippen LogP contribution in [0.25, 0.3) is 0 Å². The number of hydrogen-bond donors (Lipinski definition) is 3. The number of carbonyl (C=O) groups is 3. The summed E-state index contributed by atoms with van der Waals surface area (Å²) in [5.41, 5.74) is 8.28. The number of benzene rings is 1. The molecule has 1 aromatic rings. The lowest BCUT2D eigenvalue weighted by Gasteiger charge is -2.30. The topological polar surface area (TPSA) is 114 Å². The Labute approximate surface area is 182 Å². The molecule has 168 valence electrons. The van der Waals surface area contributed by atoms with E-state index in [0.29, 0.717) is 43.8 Å². The molecule has 3 amide bonds. The lowest BCUT2D eigenvalue weighted by atomic mass is 9.92. The van der Waals surface area contributed by atoms with Crippen LogP contribution in [0.2, 0.25) is 0 Å². The molecule has 8 nitrogen and oxygen atoms in total. The molecule has 1 saturated carbocycles. The van der Waals surface area contributed by atoms with Gasteiger partial charge in [0.25, 0.3) is 5.91 Å². The van der Waals surface area contributed by atoms with Crippen molar-refractivity contribution in [1.82, 2.24) is 15.5 Å². The fraction of sp³-hybridized carbons (Fsp3) is 0.609. The van der Waals surface area contributed by atoms with Crippen LogP contribution in [0.5, 0.6) is 0 Å². The van der Waals surface area contributed by atoms with Crippen molar-refractivity contribution in [2.24, 2.45) is 5.73 Å². The van der Waals surface area contributed by atoms with Gasteiger partial charge in [-0.05, 0) is 62.3 Å². The molecule has 4 N–H and O–H groups in total. The van der Waals surface area contributed by atoms with Crippen molar-refractivity contribution >= 4 is 17.7 Å². The number of amides is 3. The average molecular weight is 429 g/mol. The summed E-state index contributed by atoms with van der Waals surface area (Å²) in [7, 11) is 0. The molecule has 4 rings (SSSR count). The van der Waals surface area contributed by atoms with Gasteiger partial charge in [0.1, 0.15) is 6.04 Å². The molecule has 1 aromatic carbocycles. The fourth-order valence-corrected chi connectivity index (χ4v) is 4.84. The summed E-state index contributed by atoms with van der Waals surface area (Å²) in [6, 6.07) is 5.65. The van der Waals surface area contributed by atoms with Gasteiger partial charge in [-0.2, -0.15) is 0 Å². The lowest BCUT2D eigenvalue weighted by molar-refractivity contribution is -0.136. The summed E-state index contributed by atoms with van der Waals surface area (Å²) in [4.78, 5) is 38.3. The first kappa shape index (κ1) is 21.9. The zero-order chi connectivity index (χ0) is 21.8. The minimum Gasteiger partial charge on any atom is -0.378 e. The van der Waals surface area contributed by atoms with Gasteiger partial charge in [-0.15, -0.1) is 0 Å². The molecular formula is C23H32N4O4. The Kier molecular flexibility index (Phi) is 6.99. The van der Waals surface area contributed by atoms with E-state index in [1.165, 1.54) is 0 Å². The molecule has 1 saturated heterocycles. The Morgan fingerprint density at radius 3 is 2.68 bits per heavy atom. The Hall–Kier alpha value is -2.29. The van der Waals surface area contributed by atoms with Crippen molar-refractivity contribution in [3.05, 3.63) is 34.9 Å². The van der Waals surface area contributed by atoms with Crippen LogP contribution in [0.4, 0.5) is 0 Å². The van der Waals surface area contributed by atoms with Crippen LogP contribution in [-0.2, 0) is 27.4 Å². The van der Waals surface area contributed by atoms with Crippen molar-refractivity contribution in [1.29, 1.82) is 0 Å². The van der Waals surface area contributed by atoms with Crippen molar-refractivity contribution in [3.63, 3.8) is 0 Å². The number of rotatable bonds is 8. The largest absolute Gasteiger partial charge is 0.378 e. The van der Waals surface area contributed by atoms with Crippen molar-refractivity contribution in [2.45, 2.75) is 76.2 Å². The van der Waals surface area contributed by atoms with Gasteiger partial charge in [-0.25, -0.2) is 0 Å². The normalized spacial score (nSPS) is 26.2. The van der Waals surface area contributed by atoms with Gasteiger partial charge in [0.15, 0.2) is 0 Å². The zero-order valence-electron chi connectivity index (χ0n) is 17.9. The Morgan fingerprint density at radius 2 is 1.94 bits per heavy atom. The van der Waals surface area contributed by atoms with Gasteiger partial charge in [0, 0.05) is 37.7 Å². The van der Waals surface area contributed by atoms with Crippen LogP contribution in [0.15, 0.2) is 18.2 Å². The molecule has 31 heavy (non-hydrogen) atoms. The highest BCUT2D eigenvalue weighted by atomic mass is 16.5. The van der Waals surface area contributed by atoms with E-state index in [1.807, 2.05) is 12.1 Å². The summed E-state index contributed by atoms with van der Waals surface area (Å²) >= 11 is 0. The number of nitrogens with one attached hydrogen (secondary N) is 2. The van der Waals surface area contributed by atoms with Crippen LogP contribution < -0.4 is 16.4 Å². The van der Waals surface area contributed by atoms with Crippen molar-refractivity contribution in [3.8, 4) is 0 Å². The Bertz CT molecular complexity index is 835. The second-order valence-electron chi connectivity index (χ2n) is 8.71. The molecule has 2 fully saturated rings. The number of carbonyl (C=O) groups excluding carboxylic acids is 3. The van der Waals surface area contributed by atoms with Gasteiger partial charge < -0.3 is 20.7 Å². The second-order valence-corrected chi connectivity index (χ2v) is 8.71. The number of nitrogens with zero attached hydrogens (tertiary/aromatic N) is 1. The van der Waals surface area contributed by atoms with Gasteiger partial charge in [-0.1, -0.05) is 12.1 Å². The van der Waals surface area contributed by atoms with E-state index >= 15 is 0 Å². The van der Waals surface area contributed by atoms with Gasteiger partial charge in [-0.3, -0.25) is 19.7 Å². The molecular weight excluding hydrogens is 396 g/mol. The van der Waals surface area contributed by atoms with Crippen molar-refractivity contribution < 1.29 is 19.1 Å². The first-order valence-corrected chi connectivity index (χ1v) is 11.4. The minimum atomic E-state index is -0.576. The molecule has 0 aromatic heterocycles. The molecule has 1 unspecified atom stereocenters. The second kappa shape index (κ2) is 9.89. The fourth-order valence-electron chi connectivity index (χ4n) is 4.84. The van der Waals surface area contributed by atoms with E-state index in [4.69, 9.17) is 10.5 Å². The number of ether oxygens (including phenoxy) is 1. The molecule has 3 aliphatic rings. The SMILES string of the molecule is NCCCOC1CCC(NCc2cccc3c2CN(C2CCC(=O)NC2=O)C3=O)CC1. The predicted molar refractivity (Wildman–Crippen MR) is 115 cm³/mol. The molecule has 8 heteroatoms. The summed E-state index contributed by atoms with van der Waals surface area (Å²) in [5, 5.41) is 6.01. The highest BCUT2D eigenvalue weighted by Gasteiger charge is 2.39. The average Bonchev–Trinajstić information content (AvgIpc) is 3.10. The molecule has 1 atom stereocenters. The summed E-state index contributed by atoms with van der Waals surface area (Å²) < 4.78 is 5.89. The standard InChI is InChI=1S/C23H32N4O4/c24-11-2-12-31-17-7-5-16(6-8-17)25-13-15-3-1-4-18-19(15)14-27(23(18)30)20-9-10-21(28)26-22(20)29/h1,3-4,16-17,20,25H,2,5-14,24H2,(H,26,28,29). The van der Waals surface area contributed by atoms with E-state index in [2.05, 4.69) is 16.7 Å². The van der Waals surface area contributed by atoms with E-state index in [1.54, 1.807) is 4.90 Å². The summed E-state index contributed by atoms with van der Waals surface area (Å²) in [6.07, 6.45) is 6.15. The predicted octanol–water partition coefficient (Wildman–Crippen LogP) is 1.21. The number of hydrogen-bond acceptors (Lipinski definition) is 6. The van der Waals surface area contributed by atoms with Crippen LogP contribution in [0.1, 0.15) is 66.4 Å². The molecule has 0 bridgehead atoms. The molecule has 2 heterocycles. The third-order valence-corrected chi connectivity index (χ3v) is 6.64. The third-order valence-electron chi connectivity index (χ3n) is 6.64. The quantitative estimate of drug-likeness (QED) is 0.424. The highest BCUT2D eigenvalue weighted by Crippen LogP contribution is 2.30. The smallest absolute Gasteiger partial charge is 0.255 e. The van der Waals surface area contributed by atoms with E-state index in [-0.39, 0.29) is 24.1 Å². The highest BCUT2D eigenvalue weighted by molar-refractivity contribution is 6.05. The number of fused-ring (bicyclic) bond motifs is 1. The van der Waals surface area contributed by atoms with Crippen LogP contribution in [-0.4, -0.2) is 54.0 Å². The zero-order valence-corrected chi connectivity index (χ0v) is 17.9. The van der Waals surface area contributed by atoms with E-state index in [0.717, 1.165) is 49.8 Å². The van der Waals surface area contributed by atoms with E-state index < -0.39 is 6.04 Å². The number of nitrogens with two attached hydrogens (primary N) is 1. The monoisotopic (exact) mass is 428 g/mol. The summed E-state index contributed by atoms with van der Waals surface area (Å²) in [5.74, 6) is -0.765. The first-order valence-electron chi connectivity index (χ1n) is 11.4. The maximum atomic E-state index is 12.9. The minimum absolute atomic E-state index is 0.124.